The summed E-state index contributed by atoms with van der Waals surface area (Å²) >= 11 is 0. The molecule has 1 atom stereocenters. The van der Waals surface area contributed by atoms with Crippen molar-refractivity contribution in [3.05, 3.63) is 35.9 Å². The summed E-state index contributed by atoms with van der Waals surface area (Å²) in [5.41, 5.74) is 0.859. The molecule has 1 aliphatic rings. The van der Waals surface area contributed by atoms with Crippen LogP contribution in [-0.4, -0.2) is 52.3 Å². The van der Waals surface area contributed by atoms with Crippen molar-refractivity contribution in [1.82, 2.24) is 10.2 Å². The fourth-order valence-electron chi connectivity index (χ4n) is 2.64. The van der Waals surface area contributed by atoms with Crippen molar-refractivity contribution in [2.75, 3.05) is 6.54 Å². The quantitative estimate of drug-likeness (QED) is 0.468. The number of hydrogen-bond donors (Lipinski definition) is 3. The molecule has 128 valence electrons. The second kappa shape index (κ2) is 8.61. The van der Waals surface area contributed by atoms with Crippen LogP contribution in [0, 0.1) is 0 Å². The van der Waals surface area contributed by atoms with Crippen molar-refractivity contribution in [3.8, 4) is 0 Å². The van der Waals surface area contributed by atoms with Crippen LogP contribution in [0.3, 0.4) is 0 Å². The SMILES string of the molecule is O=C(CCN1C(=O)CCCC1=O)NC(Cc1ccccc1)B(O)O. The fourth-order valence-corrected chi connectivity index (χ4v) is 2.64. The van der Waals surface area contributed by atoms with E-state index in [2.05, 4.69) is 5.32 Å². The Morgan fingerprint density at radius 1 is 1.17 bits per heavy atom. The number of benzene rings is 1. The first-order chi connectivity index (χ1) is 11.5. The van der Waals surface area contributed by atoms with Crippen molar-refractivity contribution in [2.24, 2.45) is 0 Å². The molecule has 0 saturated carbocycles. The molecule has 0 aromatic heterocycles. The smallest absolute Gasteiger partial charge is 0.426 e. The molecule has 1 aliphatic heterocycles. The van der Waals surface area contributed by atoms with Gasteiger partial charge in [-0.25, -0.2) is 0 Å². The molecule has 8 heteroatoms. The summed E-state index contributed by atoms with van der Waals surface area (Å²) in [7, 11) is -1.70. The van der Waals surface area contributed by atoms with E-state index in [9.17, 15) is 24.4 Å². The Bertz CT molecular complexity index is 577. The third-order valence-electron chi connectivity index (χ3n) is 3.95. The maximum Gasteiger partial charge on any atom is 0.475 e. The highest BCUT2D eigenvalue weighted by Gasteiger charge is 2.28. The molecule has 0 aliphatic carbocycles. The molecule has 1 saturated heterocycles. The first-order valence-corrected chi connectivity index (χ1v) is 8.00. The van der Waals surface area contributed by atoms with Gasteiger partial charge in [-0.05, 0) is 18.4 Å². The molecule has 1 fully saturated rings. The molecular weight excluding hydrogens is 311 g/mol. The van der Waals surface area contributed by atoms with E-state index in [1.54, 1.807) is 0 Å². The van der Waals surface area contributed by atoms with Gasteiger partial charge in [0.25, 0.3) is 0 Å². The second-order valence-electron chi connectivity index (χ2n) is 5.82. The minimum absolute atomic E-state index is 0.0169. The molecule has 3 amide bonds. The van der Waals surface area contributed by atoms with Crippen LogP contribution in [0.15, 0.2) is 30.3 Å². The molecule has 1 heterocycles. The predicted molar refractivity (Wildman–Crippen MR) is 87.5 cm³/mol. The summed E-state index contributed by atoms with van der Waals surface area (Å²) < 4.78 is 0. The van der Waals surface area contributed by atoms with Crippen LogP contribution < -0.4 is 5.32 Å². The van der Waals surface area contributed by atoms with E-state index in [1.165, 1.54) is 0 Å². The molecule has 0 radical (unpaired) electrons. The van der Waals surface area contributed by atoms with Crippen molar-refractivity contribution < 1.29 is 24.4 Å². The predicted octanol–water partition coefficient (Wildman–Crippen LogP) is -0.345. The zero-order valence-electron chi connectivity index (χ0n) is 13.4. The van der Waals surface area contributed by atoms with Gasteiger partial charge in [0.15, 0.2) is 0 Å². The first kappa shape index (κ1) is 18.2. The first-order valence-electron chi connectivity index (χ1n) is 8.00. The van der Waals surface area contributed by atoms with Crippen molar-refractivity contribution >= 4 is 24.8 Å². The van der Waals surface area contributed by atoms with E-state index in [1.807, 2.05) is 30.3 Å². The topological polar surface area (TPSA) is 107 Å². The van der Waals surface area contributed by atoms with Gasteiger partial charge < -0.3 is 15.4 Å². The van der Waals surface area contributed by atoms with Gasteiger partial charge in [0.1, 0.15) is 0 Å². The molecule has 24 heavy (non-hydrogen) atoms. The van der Waals surface area contributed by atoms with Gasteiger partial charge in [0.2, 0.25) is 17.7 Å². The number of carbonyl (C=O) groups is 3. The molecular formula is C16H21BN2O5. The van der Waals surface area contributed by atoms with E-state index in [0.29, 0.717) is 19.3 Å². The van der Waals surface area contributed by atoms with Crippen molar-refractivity contribution in [2.45, 2.75) is 38.0 Å². The van der Waals surface area contributed by atoms with E-state index in [-0.39, 0.29) is 31.2 Å². The number of piperidine rings is 1. The van der Waals surface area contributed by atoms with Crippen molar-refractivity contribution in [1.29, 1.82) is 0 Å². The largest absolute Gasteiger partial charge is 0.475 e. The van der Waals surface area contributed by atoms with Crippen LogP contribution in [0.25, 0.3) is 0 Å². The van der Waals surface area contributed by atoms with Crippen LogP contribution in [0.2, 0.25) is 0 Å². The summed E-state index contributed by atoms with van der Waals surface area (Å²) in [4.78, 5) is 36.5. The zero-order valence-corrected chi connectivity index (χ0v) is 13.4. The number of imide groups is 1. The van der Waals surface area contributed by atoms with E-state index >= 15 is 0 Å². The number of likely N-dealkylation sites (tertiary alicyclic amines) is 1. The molecule has 1 unspecified atom stereocenters. The van der Waals surface area contributed by atoms with Crippen LogP contribution in [-0.2, 0) is 20.8 Å². The number of amides is 3. The third kappa shape index (κ3) is 5.18. The molecule has 0 spiro atoms. The lowest BCUT2D eigenvalue weighted by Crippen LogP contribution is -2.49. The molecule has 3 N–H and O–H groups in total. The number of nitrogens with one attached hydrogen (secondary N) is 1. The molecule has 1 aromatic rings. The van der Waals surface area contributed by atoms with Gasteiger partial charge in [-0.1, -0.05) is 30.3 Å². The summed E-state index contributed by atoms with van der Waals surface area (Å²) in [5, 5.41) is 21.4. The highest BCUT2D eigenvalue weighted by atomic mass is 16.4. The van der Waals surface area contributed by atoms with Gasteiger partial charge in [-0.15, -0.1) is 0 Å². The van der Waals surface area contributed by atoms with Crippen LogP contribution in [0.4, 0.5) is 0 Å². The molecule has 7 nitrogen and oxygen atoms in total. The number of nitrogens with zero attached hydrogens (tertiary/aromatic N) is 1. The summed E-state index contributed by atoms with van der Waals surface area (Å²) in [6, 6.07) is 9.15. The van der Waals surface area contributed by atoms with Crippen LogP contribution >= 0.6 is 0 Å². The van der Waals surface area contributed by atoms with E-state index in [0.717, 1.165) is 10.5 Å². The van der Waals surface area contributed by atoms with Gasteiger partial charge in [0.05, 0.1) is 5.94 Å². The highest BCUT2D eigenvalue weighted by Crippen LogP contribution is 2.12. The molecule has 2 rings (SSSR count). The average molecular weight is 332 g/mol. The maximum absolute atomic E-state index is 12.0. The summed E-state index contributed by atoms with van der Waals surface area (Å²) in [6.45, 7) is 0.0169. The Balaban J connectivity index is 1.86. The Morgan fingerprint density at radius 2 is 1.79 bits per heavy atom. The normalized spacial score (nSPS) is 16.0. The lowest BCUT2D eigenvalue weighted by molar-refractivity contribution is -0.148. The van der Waals surface area contributed by atoms with Crippen LogP contribution in [0.5, 0.6) is 0 Å². The van der Waals surface area contributed by atoms with Gasteiger partial charge in [-0.2, -0.15) is 0 Å². The second-order valence-corrected chi connectivity index (χ2v) is 5.82. The summed E-state index contributed by atoms with van der Waals surface area (Å²) in [5.74, 6) is -1.81. The van der Waals surface area contributed by atoms with E-state index in [4.69, 9.17) is 0 Å². The Labute approximate surface area is 140 Å². The Morgan fingerprint density at radius 3 is 2.38 bits per heavy atom. The van der Waals surface area contributed by atoms with Crippen molar-refractivity contribution in [3.63, 3.8) is 0 Å². The van der Waals surface area contributed by atoms with Gasteiger partial charge in [-0.3, -0.25) is 19.3 Å². The van der Waals surface area contributed by atoms with Gasteiger partial charge in [0, 0.05) is 25.8 Å². The Hall–Kier alpha value is -2.19. The minimum atomic E-state index is -1.70. The standard InChI is InChI=1S/C16H21BN2O5/c20-14(9-10-19-15(21)7-4-8-16(19)22)18-13(17(23)24)11-12-5-2-1-3-6-12/h1-3,5-6,13,23-24H,4,7-11H2,(H,18,20). The lowest BCUT2D eigenvalue weighted by Gasteiger charge is -2.25. The maximum atomic E-state index is 12.0. The molecule has 0 bridgehead atoms. The minimum Gasteiger partial charge on any atom is -0.426 e. The number of hydrogen-bond acceptors (Lipinski definition) is 5. The van der Waals surface area contributed by atoms with E-state index < -0.39 is 19.0 Å². The van der Waals surface area contributed by atoms with Crippen LogP contribution in [0.1, 0.15) is 31.2 Å². The Kier molecular flexibility index (Phi) is 6.51. The average Bonchev–Trinajstić information content (AvgIpc) is 2.54. The number of rotatable bonds is 7. The monoisotopic (exact) mass is 332 g/mol. The molecule has 1 aromatic carbocycles. The fraction of sp³-hybridized carbons (Fsp3) is 0.438. The lowest BCUT2D eigenvalue weighted by atomic mass is 9.76. The summed E-state index contributed by atoms with van der Waals surface area (Å²) in [6.07, 6.45) is 1.40. The zero-order chi connectivity index (χ0) is 17.5. The third-order valence-corrected chi connectivity index (χ3v) is 3.95. The van der Waals surface area contributed by atoms with Gasteiger partial charge >= 0.3 is 7.12 Å². The number of carbonyl (C=O) groups excluding carboxylic acids is 3. The highest BCUT2D eigenvalue weighted by molar-refractivity contribution is 6.43.